The lowest BCUT2D eigenvalue weighted by Crippen LogP contribution is -2.04. The van der Waals surface area contributed by atoms with E-state index in [1.807, 2.05) is 0 Å². The molecule has 0 fully saturated rings. The number of hydrogen-bond donors (Lipinski definition) is 0. The van der Waals surface area contributed by atoms with E-state index < -0.39 is 11.6 Å². The molecule has 1 aromatic carbocycles. The normalized spacial score (nSPS) is 10.3. The zero-order chi connectivity index (χ0) is 12.4. The van der Waals surface area contributed by atoms with Gasteiger partial charge in [-0.25, -0.2) is 4.39 Å². The van der Waals surface area contributed by atoms with E-state index in [9.17, 15) is 9.18 Å². The Morgan fingerprint density at radius 2 is 1.88 bits per heavy atom. The molecule has 0 N–H and O–H groups in total. The monoisotopic (exact) mass is 313 g/mol. The van der Waals surface area contributed by atoms with Crippen molar-refractivity contribution in [1.82, 2.24) is 4.98 Å². The topological polar surface area (TPSA) is 30.0 Å². The van der Waals surface area contributed by atoms with Crippen molar-refractivity contribution in [3.8, 4) is 0 Å². The highest BCUT2D eigenvalue weighted by Crippen LogP contribution is 2.28. The average Bonchev–Trinajstić information content (AvgIpc) is 2.36. The van der Waals surface area contributed by atoms with Crippen LogP contribution in [0.5, 0.6) is 0 Å². The highest BCUT2D eigenvalue weighted by atomic mass is 79.9. The van der Waals surface area contributed by atoms with Gasteiger partial charge in [0.05, 0.1) is 10.6 Å². The Kier molecular flexibility index (Phi) is 3.54. The first-order valence-electron chi connectivity index (χ1n) is 4.69. The van der Waals surface area contributed by atoms with Crippen LogP contribution in [0, 0.1) is 5.82 Å². The molecule has 0 unspecified atom stereocenters. The molecule has 0 atom stereocenters. The van der Waals surface area contributed by atoms with E-state index in [4.69, 9.17) is 11.6 Å². The van der Waals surface area contributed by atoms with E-state index in [2.05, 4.69) is 20.9 Å². The number of pyridine rings is 1. The summed E-state index contributed by atoms with van der Waals surface area (Å²) in [5.41, 5.74) is 0.321. The molecule has 0 aliphatic rings. The molecule has 0 amide bonds. The molecule has 0 aliphatic carbocycles. The average molecular weight is 315 g/mol. The maximum absolute atomic E-state index is 13.8. The molecule has 0 saturated heterocycles. The van der Waals surface area contributed by atoms with Gasteiger partial charge in [-0.1, -0.05) is 11.6 Å². The van der Waals surface area contributed by atoms with Gasteiger partial charge in [-0.15, -0.1) is 0 Å². The molecule has 2 rings (SSSR count). The summed E-state index contributed by atoms with van der Waals surface area (Å²) in [5, 5.41) is -0.0927. The molecule has 0 radical (unpaired) electrons. The number of benzene rings is 1. The summed E-state index contributed by atoms with van der Waals surface area (Å²) in [6, 6.07) is 5.99. The van der Waals surface area contributed by atoms with Crippen LogP contribution >= 0.6 is 27.5 Å². The number of halogens is 3. The van der Waals surface area contributed by atoms with Gasteiger partial charge in [0.25, 0.3) is 0 Å². The summed E-state index contributed by atoms with van der Waals surface area (Å²) in [4.78, 5) is 15.8. The molecule has 2 nitrogen and oxygen atoms in total. The first-order chi connectivity index (χ1) is 8.11. The zero-order valence-corrected chi connectivity index (χ0v) is 10.8. The lowest BCUT2D eigenvalue weighted by atomic mass is 10.0. The van der Waals surface area contributed by atoms with Crippen LogP contribution in [-0.4, -0.2) is 10.8 Å². The van der Waals surface area contributed by atoms with Crippen molar-refractivity contribution in [2.75, 3.05) is 0 Å². The summed E-state index contributed by atoms with van der Waals surface area (Å²) >= 11 is 8.82. The molecule has 0 bridgehead atoms. The van der Waals surface area contributed by atoms with Crippen LogP contribution in [0.4, 0.5) is 4.39 Å². The molecule has 2 aromatic rings. The third-order valence-corrected chi connectivity index (χ3v) is 3.48. The van der Waals surface area contributed by atoms with Gasteiger partial charge in [0.1, 0.15) is 0 Å². The van der Waals surface area contributed by atoms with Crippen LogP contribution in [0.15, 0.2) is 41.1 Å². The highest BCUT2D eigenvalue weighted by Gasteiger charge is 2.17. The summed E-state index contributed by atoms with van der Waals surface area (Å²) in [6.07, 6.45) is 2.96. The van der Waals surface area contributed by atoms with Gasteiger partial charge >= 0.3 is 0 Å². The van der Waals surface area contributed by atoms with Crippen molar-refractivity contribution < 1.29 is 9.18 Å². The lowest BCUT2D eigenvalue weighted by Gasteiger charge is -2.05. The second-order valence-electron chi connectivity index (χ2n) is 3.29. The van der Waals surface area contributed by atoms with Crippen LogP contribution < -0.4 is 0 Å². The Morgan fingerprint density at radius 1 is 1.24 bits per heavy atom. The molecule has 0 spiro atoms. The fourth-order valence-electron chi connectivity index (χ4n) is 1.36. The molecule has 0 aliphatic heterocycles. The number of rotatable bonds is 2. The standard InChI is InChI=1S/C12H6BrClFNO/c13-9-2-1-8(11(15)10(9)14)12(17)7-3-5-16-6-4-7/h1-6H. The Morgan fingerprint density at radius 3 is 2.53 bits per heavy atom. The lowest BCUT2D eigenvalue weighted by molar-refractivity contribution is 0.103. The smallest absolute Gasteiger partial charge is 0.196 e. The maximum Gasteiger partial charge on any atom is 0.196 e. The van der Waals surface area contributed by atoms with Crippen LogP contribution in [0.3, 0.4) is 0 Å². The molecule has 86 valence electrons. The molecule has 1 heterocycles. The van der Waals surface area contributed by atoms with Crippen LogP contribution in [0.25, 0.3) is 0 Å². The van der Waals surface area contributed by atoms with Crippen LogP contribution in [0.2, 0.25) is 5.02 Å². The number of ketones is 1. The van der Waals surface area contributed by atoms with Gasteiger partial charge in [0, 0.05) is 22.4 Å². The van der Waals surface area contributed by atoms with E-state index in [1.54, 1.807) is 6.07 Å². The third kappa shape index (κ3) is 2.37. The summed E-state index contributed by atoms with van der Waals surface area (Å²) in [5.74, 6) is -1.14. The van der Waals surface area contributed by atoms with Crippen molar-refractivity contribution in [3.63, 3.8) is 0 Å². The van der Waals surface area contributed by atoms with Gasteiger partial charge in [0.15, 0.2) is 11.6 Å². The summed E-state index contributed by atoms with van der Waals surface area (Å²) in [7, 11) is 0. The van der Waals surface area contributed by atoms with Gasteiger partial charge in [-0.2, -0.15) is 0 Å². The first kappa shape index (κ1) is 12.2. The third-order valence-electron chi connectivity index (χ3n) is 2.22. The van der Waals surface area contributed by atoms with Crippen molar-refractivity contribution in [3.05, 3.63) is 63.1 Å². The van der Waals surface area contributed by atoms with Gasteiger partial charge in [-0.05, 0) is 40.2 Å². The molecular weight excluding hydrogens is 308 g/mol. The van der Waals surface area contributed by atoms with Gasteiger partial charge < -0.3 is 0 Å². The fourth-order valence-corrected chi connectivity index (χ4v) is 1.83. The SMILES string of the molecule is O=C(c1ccncc1)c1ccc(Br)c(Cl)c1F. The molecule has 17 heavy (non-hydrogen) atoms. The zero-order valence-electron chi connectivity index (χ0n) is 8.45. The number of carbonyl (C=O) groups is 1. The van der Waals surface area contributed by atoms with Crippen molar-refractivity contribution in [2.24, 2.45) is 0 Å². The Labute approximate surface area is 111 Å². The van der Waals surface area contributed by atoms with Crippen molar-refractivity contribution >= 4 is 33.3 Å². The van der Waals surface area contributed by atoms with Crippen molar-refractivity contribution in [1.29, 1.82) is 0 Å². The number of aromatic nitrogens is 1. The predicted octanol–water partition coefficient (Wildman–Crippen LogP) is 3.87. The Bertz CT molecular complexity index is 574. The van der Waals surface area contributed by atoms with Crippen molar-refractivity contribution in [2.45, 2.75) is 0 Å². The van der Waals surface area contributed by atoms with Crippen LogP contribution in [-0.2, 0) is 0 Å². The van der Waals surface area contributed by atoms with Crippen LogP contribution in [0.1, 0.15) is 15.9 Å². The molecule has 1 aromatic heterocycles. The highest BCUT2D eigenvalue weighted by molar-refractivity contribution is 9.10. The minimum absolute atomic E-state index is 0.0515. The second kappa shape index (κ2) is 4.94. The number of nitrogens with zero attached hydrogens (tertiary/aromatic N) is 1. The maximum atomic E-state index is 13.8. The minimum Gasteiger partial charge on any atom is -0.288 e. The number of hydrogen-bond acceptors (Lipinski definition) is 2. The molecule has 5 heteroatoms. The quantitative estimate of drug-likeness (QED) is 0.622. The predicted molar refractivity (Wildman–Crippen MR) is 66.8 cm³/mol. The largest absolute Gasteiger partial charge is 0.288 e. The molecule has 0 saturated carbocycles. The first-order valence-corrected chi connectivity index (χ1v) is 5.86. The van der Waals surface area contributed by atoms with E-state index in [1.165, 1.54) is 30.6 Å². The van der Waals surface area contributed by atoms with Gasteiger partial charge in [-0.3, -0.25) is 9.78 Å². The van der Waals surface area contributed by atoms with Gasteiger partial charge in [0.2, 0.25) is 0 Å². The second-order valence-corrected chi connectivity index (χ2v) is 4.52. The minimum atomic E-state index is -0.720. The van der Waals surface area contributed by atoms with E-state index in [-0.39, 0.29) is 10.6 Å². The fraction of sp³-hybridized carbons (Fsp3) is 0. The van der Waals surface area contributed by atoms with E-state index in [0.717, 1.165) is 0 Å². The number of carbonyl (C=O) groups excluding carboxylic acids is 1. The molecular formula is C12H6BrClFNO. The Balaban J connectivity index is 2.49. The van der Waals surface area contributed by atoms with E-state index >= 15 is 0 Å². The Hall–Kier alpha value is -1.26. The summed E-state index contributed by atoms with van der Waals surface area (Å²) < 4.78 is 14.2. The van der Waals surface area contributed by atoms with E-state index in [0.29, 0.717) is 10.0 Å². The summed E-state index contributed by atoms with van der Waals surface area (Å²) in [6.45, 7) is 0.